The molecule has 3 fully saturated rings. The van der Waals surface area contributed by atoms with E-state index in [1.807, 2.05) is 7.05 Å². The SMILES string of the molecule is Cc1cc(N)nc(-c2c(Cl)cc3c(N4CC5CC4CN5)nc(OC[C@@H]4CCCN4C)nc3c2F)c1C(F)(F)F. The van der Waals surface area contributed by atoms with E-state index < -0.39 is 28.8 Å². The van der Waals surface area contributed by atoms with Crippen molar-refractivity contribution in [2.45, 2.75) is 50.5 Å². The molecule has 3 aliphatic heterocycles. The molecule has 3 N–H and O–H groups in total. The maximum absolute atomic E-state index is 16.4. The van der Waals surface area contributed by atoms with Crippen molar-refractivity contribution in [3.8, 4) is 17.3 Å². The Morgan fingerprint density at radius 2 is 2.03 bits per heavy atom. The van der Waals surface area contributed by atoms with Crippen LogP contribution in [0.1, 0.15) is 30.4 Å². The standard InChI is InChI=1S/C26H28ClF4N7O/c1-12-6-18(32)34-23(20(12)26(29,30)31)19-17(27)8-16-22(21(19)28)35-25(39-11-14-4-3-5-37(14)2)36-24(16)38-10-13-7-15(38)9-33-13/h6,8,13-15,33H,3-5,7,9-11H2,1-2H3,(H2,32,34)/t13?,14-,15?/m0/s1. The van der Waals surface area contributed by atoms with Crippen LogP contribution in [0.15, 0.2) is 12.1 Å². The van der Waals surface area contributed by atoms with Crippen LogP contribution in [-0.4, -0.2) is 71.3 Å². The second-order valence-corrected chi connectivity index (χ2v) is 11.0. The number of hydrogen-bond acceptors (Lipinski definition) is 8. The number of hydrogen-bond donors (Lipinski definition) is 2. The number of nitrogens with zero attached hydrogens (tertiary/aromatic N) is 5. The number of aryl methyl sites for hydroxylation is 1. The van der Waals surface area contributed by atoms with Crippen molar-refractivity contribution in [3.05, 3.63) is 34.1 Å². The van der Waals surface area contributed by atoms with Gasteiger partial charge in [0.2, 0.25) is 0 Å². The van der Waals surface area contributed by atoms with Gasteiger partial charge in [0, 0.05) is 36.6 Å². The quantitative estimate of drug-likeness (QED) is 0.439. The fraction of sp³-hybridized carbons (Fsp3) is 0.500. The average Bonchev–Trinajstić information content (AvgIpc) is 3.59. The van der Waals surface area contributed by atoms with Crippen LogP contribution in [0.5, 0.6) is 6.01 Å². The first-order valence-electron chi connectivity index (χ1n) is 12.9. The van der Waals surface area contributed by atoms with E-state index in [2.05, 4.69) is 30.1 Å². The number of likely N-dealkylation sites (N-methyl/N-ethyl adjacent to an activating group) is 1. The van der Waals surface area contributed by atoms with Gasteiger partial charge in [0.15, 0.2) is 5.82 Å². The predicted molar refractivity (Wildman–Crippen MR) is 141 cm³/mol. The maximum Gasteiger partial charge on any atom is 0.418 e. The Morgan fingerprint density at radius 1 is 1.23 bits per heavy atom. The molecule has 0 amide bonds. The van der Waals surface area contributed by atoms with Crippen LogP contribution in [0, 0.1) is 12.7 Å². The normalized spacial score (nSPS) is 23.4. The van der Waals surface area contributed by atoms with Crippen LogP contribution in [0.4, 0.5) is 29.2 Å². The third-order valence-electron chi connectivity index (χ3n) is 8.00. The van der Waals surface area contributed by atoms with Gasteiger partial charge in [-0.3, -0.25) is 0 Å². The Morgan fingerprint density at radius 3 is 2.67 bits per heavy atom. The molecule has 1 aromatic carbocycles. The van der Waals surface area contributed by atoms with Gasteiger partial charge in [0.1, 0.15) is 23.8 Å². The van der Waals surface area contributed by atoms with Crippen molar-refractivity contribution in [2.75, 3.05) is 43.9 Å². The lowest BCUT2D eigenvalue weighted by molar-refractivity contribution is -0.137. The van der Waals surface area contributed by atoms with Crippen molar-refractivity contribution in [2.24, 2.45) is 0 Å². The molecular weight excluding hydrogens is 538 g/mol. The minimum atomic E-state index is -4.81. The Balaban J connectivity index is 1.53. The number of aromatic nitrogens is 3. The van der Waals surface area contributed by atoms with E-state index in [9.17, 15) is 13.2 Å². The fourth-order valence-corrected chi connectivity index (χ4v) is 6.36. The van der Waals surface area contributed by atoms with Gasteiger partial charge in [-0.25, -0.2) is 9.37 Å². The third kappa shape index (κ3) is 4.62. The fourth-order valence-electron chi connectivity index (χ4n) is 6.08. The number of nitrogens with two attached hydrogens (primary N) is 1. The second-order valence-electron chi connectivity index (χ2n) is 10.6. The van der Waals surface area contributed by atoms with Gasteiger partial charge in [0.05, 0.1) is 21.8 Å². The molecule has 0 spiro atoms. The molecule has 6 rings (SSSR count). The van der Waals surface area contributed by atoms with Crippen LogP contribution >= 0.6 is 11.6 Å². The summed E-state index contributed by atoms with van der Waals surface area (Å²) in [7, 11) is 2.01. The van der Waals surface area contributed by atoms with E-state index in [1.54, 1.807) is 0 Å². The molecule has 13 heteroatoms. The highest BCUT2D eigenvalue weighted by molar-refractivity contribution is 6.34. The average molecular weight is 566 g/mol. The van der Waals surface area contributed by atoms with E-state index in [-0.39, 0.29) is 46.1 Å². The number of ether oxygens (including phenoxy) is 1. The number of piperazine rings is 1. The topological polar surface area (TPSA) is 92.4 Å². The molecule has 2 aromatic heterocycles. The molecule has 2 bridgehead atoms. The van der Waals surface area contributed by atoms with E-state index in [4.69, 9.17) is 22.1 Å². The summed E-state index contributed by atoms with van der Waals surface area (Å²) in [5.41, 5.74) is 3.13. The Hall–Kier alpha value is -2.96. The molecule has 5 heterocycles. The highest BCUT2D eigenvalue weighted by Gasteiger charge is 2.41. The minimum absolute atomic E-state index is 0.0338. The number of nitrogens with one attached hydrogen (secondary N) is 1. The van der Waals surface area contributed by atoms with E-state index in [0.29, 0.717) is 24.4 Å². The summed E-state index contributed by atoms with van der Waals surface area (Å²) in [6, 6.07) is 3.05. The predicted octanol–water partition coefficient (Wildman–Crippen LogP) is 4.42. The van der Waals surface area contributed by atoms with E-state index in [0.717, 1.165) is 38.4 Å². The summed E-state index contributed by atoms with van der Waals surface area (Å²) in [5.74, 6) is -0.766. The highest BCUT2D eigenvalue weighted by Crippen LogP contribution is 2.45. The number of alkyl halides is 3. The van der Waals surface area contributed by atoms with Crippen molar-refractivity contribution < 1.29 is 22.3 Å². The second kappa shape index (κ2) is 9.60. The summed E-state index contributed by atoms with van der Waals surface area (Å²) in [5, 5.41) is 3.48. The molecular formula is C26H28ClF4N7O. The van der Waals surface area contributed by atoms with Gasteiger partial charge in [-0.15, -0.1) is 0 Å². The molecule has 2 unspecified atom stereocenters. The highest BCUT2D eigenvalue weighted by atomic mass is 35.5. The van der Waals surface area contributed by atoms with Crippen LogP contribution in [0.3, 0.4) is 0 Å². The van der Waals surface area contributed by atoms with Crippen LogP contribution < -0.4 is 20.7 Å². The summed E-state index contributed by atoms with van der Waals surface area (Å²) in [6.07, 6.45) is -1.91. The summed E-state index contributed by atoms with van der Waals surface area (Å²) < 4.78 is 64.6. The molecule has 0 radical (unpaired) electrons. The maximum atomic E-state index is 16.4. The van der Waals surface area contributed by atoms with Gasteiger partial charge in [-0.1, -0.05) is 11.6 Å². The number of pyridine rings is 1. The summed E-state index contributed by atoms with van der Waals surface area (Å²) in [6.45, 7) is 3.91. The number of fused-ring (bicyclic) bond motifs is 3. The zero-order valence-corrected chi connectivity index (χ0v) is 22.2. The Labute approximate surface area is 227 Å². The van der Waals surface area contributed by atoms with Crippen LogP contribution in [0.25, 0.3) is 22.2 Å². The molecule has 3 atom stereocenters. The first-order valence-corrected chi connectivity index (χ1v) is 13.3. The van der Waals surface area contributed by atoms with Gasteiger partial charge in [-0.05, 0) is 57.5 Å². The molecule has 0 saturated carbocycles. The Kier molecular flexibility index (Phi) is 6.47. The molecule has 3 aromatic rings. The Bertz CT molecular complexity index is 1450. The number of likely N-dealkylation sites (tertiary alicyclic amines) is 1. The first-order chi connectivity index (χ1) is 18.5. The lowest BCUT2D eigenvalue weighted by Crippen LogP contribution is -2.44. The third-order valence-corrected chi connectivity index (χ3v) is 8.30. The van der Waals surface area contributed by atoms with Crippen molar-refractivity contribution in [1.82, 2.24) is 25.2 Å². The molecule has 3 saturated heterocycles. The lowest BCUT2D eigenvalue weighted by atomic mass is 9.99. The molecule has 39 heavy (non-hydrogen) atoms. The molecule has 8 nitrogen and oxygen atoms in total. The molecule has 0 aliphatic carbocycles. The monoisotopic (exact) mass is 565 g/mol. The van der Waals surface area contributed by atoms with E-state index in [1.165, 1.54) is 13.0 Å². The van der Waals surface area contributed by atoms with Gasteiger partial charge >= 0.3 is 12.2 Å². The number of nitrogen functional groups attached to an aromatic ring is 1. The zero-order chi connectivity index (χ0) is 27.6. The van der Waals surface area contributed by atoms with E-state index >= 15 is 4.39 Å². The number of benzene rings is 1. The lowest BCUT2D eigenvalue weighted by Gasteiger charge is -2.30. The van der Waals surface area contributed by atoms with Crippen molar-refractivity contribution in [3.63, 3.8) is 0 Å². The van der Waals surface area contributed by atoms with Crippen molar-refractivity contribution >= 4 is 34.1 Å². The minimum Gasteiger partial charge on any atom is -0.462 e. The van der Waals surface area contributed by atoms with Crippen LogP contribution in [0.2, 0.25) is 5.02 Å². The number of anilines is 2. The smallest absolute Gasteiger partial charge is 0.418 e. The van der Waals surface area contributed by atoms with Gasteiger partial charge in [-0.2, -0.15) is 23.1 Å². The first kappa shape index (κ1) is 26.3. The van der Waals surface area contributed by atoms with Crippen LogP contribution in [-0.2, 0) is 6.18 Å². The summed E-state index contributed by atoms with van der Waals surface area (Å²) >= 11 is 6.52. The number of halogens is 5. The zero-order valence-electron chi connectivity index (χ0n) is 21.4. The van der Waals surface area contributed by atoms with Gasteiger partial charge < -0.3 is 25.6 Å². The molecule has 3 aliphatic rings. The summed E-state index contributed by atoms with van der Waals surface area (Å²) in [4.78, 5) is 17.1. The van der Waals surface area contributed by atoms with Crippen molar-refractivity contribution in [1.29, 1.82) is 0 Å². The number of rotatable bonds is 5. The largest absolute Gasteiger partial charge is 0.462 e. The van der Waals surface area contributed by atoms with Gasteiger partial charge in [0.25, 0.3) is 0 Å². The molecule has 208 valence electrons.